The van der Waals surface area contributed by atoms with Crippen LogP contribution in [-0.4, -0.2) is 28.0 Å². The topological polar surface area (TPSA) is 75.7 Å². The first kappa shape index (κ1) is 16.0. The minimum atomic E-state index is -3.72. The molecule has 1 N–H and O–H groups in total. The van der Waals surface area contributed by atoms with Crippen LogP contribution in [0.15, 0.2) is 41.3 Å². The molecule has 0 bridgehead atoms. The zero-order valence-corrected chi connectivity index (χ0v) is 14.6. The number of carbonyl (C=O) groups excluding carboxylic acids is 1. The van der Waals surface area contributed by atoms with Gasteiger partial charge < -0.3 is 9.64 Å². The van der Waals surface area contributed by atoms with E-state index in [-0.39, 0.29) is 17.2 Å². The van der Waals surface area contributed by atoms with E-state index in [1.165, 1.54) is 0 Å². The molecule has 0 radical (unpaired) electrons. The van der Waals surface area contributed by atoms with Crippen LogP contribution < -0.4 is 14.4 Å². The first-order valence-electron chi connectivity index (χ1n) is 8.11. The van der Waals surface area contributed by atoms with Gasteiger partial charge in [-0.05, 0) is 60.4 Å². The molecule has 0 aromatic heterocycles. The van der Waals surface area contributed by atoms with Gasteiger partial charge in [0.05, 0.1) is 24.1 Å². The Bertz CT molecular complexity index is 952. The van der Waals surface area contributed by atoms with E-state index >= 15 is 0 Å². The van der Waals surface area contributed by atoms with Gasteiger partial charge in [0.1, 0.15) is 5.75 Å². The Labute approximate surface area is 146 Å². The maximum atomic E-state index is 12.8. The van der Waals surface area contributed by atoms with E-state index < -0.39 is 10.0 Å². The highest BCUT2D eigenvalue weighted by atomic mass is 32.2. The number of sulfonamides is 1. The summed E-state index contributed by atoms with van der Waals surface area (Å²) in [6, 6.07) is 10.0. The van der Waals surface area contributed by atoms with Gasteiger partial charge >= 0.3 is 0 Å². The predicted molar refractivity (Wildman–Crippen MR) is 94.6 cm³/mol. The van der Waals surface area contributed by atoms with Crippen LogP contribution in [0.4, 0.5) is 11.4 Å². The highest BCUT2D eigenvalue weighted by Gasteiger charge is 2.33. The molecule has 130 valence electrons. The Morgan fingerprint density at radius 2 is 1.84 bits per heavy atom. The molecule has 7 heteroatoms. The SMILES string of the molecule is COc1ccc(NS(=O)(=O)c2cc3c4c(c2)CC(=O)N4CCC3)cc1. The molecule has 4 rings (SSSR count). The molecule has 25 heavy (non-hydrogen) atoms. The lowest BCUT2D eigenvalue weighted by atomic mass is 10.0. The molecule has 1 amide bonds. The lowest BCUT2D eigenvalue weighted by molar-refractivity contribution is -0.117. The van der Waals surface area contributed by atoms with Crippen molar-refractivity contribution < 1.29 is 17.9 Å². The molecule has 0 spiro atoms. The van der Waals surface area contributed by atoms with E-state index in [0.29, 0.717) is 11.4 Å². The molecule has 0 aliphatic carbocycles. The van der Waals surface area contributed by atoms with Crippen LogP contribution in [0.1, 0.15) is 17.5 Å². The summed E-state index contributed by atoms with van der Waals surface area (Å²) in [6.45, 7) is 0.717. The molecule has 2 heterocycles. The fourth-order valence-electron chi connectivity index (χ4n) is 3.48. The first-order chi connectivity index (χ1) is 12.0. The van der Waals surface area contributed by atoms with Crippen LogP contribution in [0.3, 0.4) is 0 Å². The smallest absolute Gasteiger partial charge is 0.261 e. The summed E-state index contributed by atoms with van der Waals surface area (Å²) in [5.41, 5.74) is 3.12. The lowest BCUT2D eigenvalue weighted by Crippen LogP contribution is -2.31. The second kappa shape index (κ2) is 5.77. The van der Waals surface area contributed by atoms with E-state index in [0.717, 1.165) is 36.2 Å². The molecule has 0 atom stereocenters. The van der Waals surface area contributed by atoms with E-state index in [1.807, 2.05) is 0 Å². The Morgan fingerprint density at radius 1 is 1.12 bits per heavy atom. The summed E-state index contributed by atoms with van der Waals surface area (Å²) in [4.78, 5) is 14.1. The molecule has 2 aliphatic heterocycles. The summed E-state index contributed by atoms with van der Waals surface area (Å²) < 4.78 is 33.2. The van der Waals surface area contributed by atoms with Gasteiger partial charge in [-0.25, -0.2) is 8.42 Å². The van der Waals surface area contributed by atoms with E-state index in [4.69, 9.17) is 4.74 Å². The number of aryl methyl sites for hydroxylation is 1. The lowest BCUT2D eigenvalue weighted by Gasteiger charge is -2.26. The third-order valence-electron chi connectivity index (χ3n) is 4.63. The highest BCUT2D eigenvalue weighted by molar-refractivity contribution is 7.92. The normalized spacial score (nSPS) is 15.9. The third-order valence-corrected chi connectivity index (χ3v) is 6.00. The van der Waals surface area contributed by atoms with Crippen molar-refractivity contribution in [2.75, 3.05) is 23.3 Å². The van der Waals surface area contributed by atoms with Gasteiger partial charge in [0.25, 0.3) is 10.0 Å². The molecule has 2 aromatic rings. The second-order valence-corrected chi connectivity index (χ2v) is 7.93. The van der Waals surface area contributed by atoms with Crippen LogP contribution >= 0.6 is 0 Å². The predicted octanol–water partition coefficient (Wildman–Crippen LogP) is 2.33. The Kier molecular flexibility index (Phi) is 3.68. The number of hydrogen-bond donors (Lipinski definition) is 1. The summed E-state index contributed by atoms with van der Waals surface area (Å²) in [6.07, 6.45) is 1.92. The zero-order chi connectivity index (χ0) is 17.6. The van der Waals surface area contributed by atoms with Crippen LogP contribution in [0.2, 0.25) is 0 Å². The van der Waals surface area contributed by atoms with Crippen molar-refractivity contribution in [3.63, 3.8) is 0 Å². The molecule has 6 nitrogen and oxygen atoms in total. The van der Waals surface area contributed by atoms with Crippen LogP contribution in [-0.2, 0) is 27.7 Å². The molecule has 0 fully saturated rings. The Balaban J connectivity index is 1.69. The number of hydrogen-bond acceptors (Lipinski definition) is 4. The van der Waals surface area contributed by atoms with Crippen LogP contribution in [0, 0.1) is 0 Å². The van der Waals surface area contributed by atoms with Crippen molar-refractivity contribution in [3.8, 4) is 5.75 Å². The van der Waals surface area contributed by atoms with E-state index in [9.17, 15) is 13.2 Å². The van der Waals surface area contributed by atoms with Gasteiger partial charge in [0.2, 0.25) is 5.91 Å². The van der Waals surface area contributed by atoms with E-state index in [1.54, 1.807) is 48.4 Å². The van der Waals surface area contributed by atoms with Gasteiger partial charge in [0, 0.05) is 12.2 Å². The molecule has 0 saturated carbocycles. The van der Waals surface area contributed by atoms with Crippen molar-refractivity contribution in [2.24, 2.45) is 0 Å². The number of nitrogens with zero attached hydrogens (tertiary/aromatic N) is 1. The van der Waals surface area contributed by atoms with Crippen molar-refractivity contribution in [1.29, 1.82) is 0 Å². The summed E-state index contributed by atoms with van der Waals surface area (Å²) >= 11 is 0. The number of ether oxygens (including phenoxy) is 1. The third kappa shape index (κ3) is 2.74. The monoisotopic (exact) mass is 358 g/mol. The van der Waals surface area contributed by atoms with Crippen molar-refractivity contribution in [3.05, 3.63) is 47.5 Å². The minimum absolute atomic E-state index is 0.0496. The first-order valence-corrected chi connectivity index (χ1v) is 9.59. The number of amides is 1. The van der Waals surface area contributed by atoms with Gasteiger partial charge in [0.15, 0.2) is 0 Å². The average Bonchev–Trinajstić information content (AvgIpc) is 2.93. The maximum Gasteiger partial charge on any atom is 0.261 e. The number of carbonyl (C=O) groups is 1. The average molecular weight is 358 g/mol. The standard InChI is InChI=1S/C18H18N2O4S/c1-24-15-6-4-14(5-7-15)19-25(22,23)16-9-12-3-2-8-20-17(21)11-13(10-16)18(12)20/h4-7,9-10,19H,2-3,8,11H2,1H3. The Hall–Kier alpha value is -2.54. The van der Waals surface area contributed by atoms with Gasteiger partial charge in [-0.15, -0.1) is 0 Å². The minimum Gasteiger partial charge on any atom is -0.497 e. The fourth-order valence-corrected chi connectivity index (χ4v) is 4.63. The number of nitrogens with one attached hydrogen (secondary N) is 1. The van der Waals surface area contributed by atoms with Crippen molar-refractivity contribution in [1.82, 2.24) is 0 Å². The second-order valence-electron chi connectivity index (χ2n) is 6.25. The molecule has 2 aliphatic rings. The van der Waals surface area contributed by atoms with Crippen molar-refractivity contribution >= 4 is 27.3 Å². The van der Waals surface area contributed by atoms with Crippen LogP contribution in [0.5, 0.6) is 5.75 Å². The van der Waals surface area contributed by atoms with Gasteiger partial charge in [-0.1, -0.05) is 0 Å². The maximum absolute atomic E-state index is 12.8. The number of anilines is 2. The molecule has 2 aromatic carbocycles. The summed E-state index contributed by atoms with van der Waals surface area (Å²) in [5.74, 6) is 0.706. The largest absolute Gasteiger partial charge is 0.497 e. The van der Waals surface area contributed by atoms with Gasteiger partial charge in [-0.2, -0.15) is 0 Å². The van der Waals surface area contributed by atoms with E-state index in [2.05, 4.69) is 4.72 Å². The number of methoxy groups -OCH3 is 1. The fraction of sp³-hybridized carbons (Fsp3) is 0.278. The summed E-state index contributed by atoms with van der Waals surface area (Å²) in [7, 11) is -2.16. The van der Waals surface area contributed by atoms with Gasteiger partial charge in [-0.3, -0.25) is 9.52 Å². The quantitative estimate of drug-likeness (QED) is 0.910. The summed E-state index contributed by atoms with van der Waals surface area (Å²) in [5, 5.41) is 0. The molecular formula is C18H18N2O4S. The van der Waals surface area contributed by atoms with Crippen molar-refractivity contribution in [2.45, 2.75) is 24.2 Å². The zero-order valence-electron chi connectivity index (χ0n) is 13.8. The highest BCUT2D eigenvalue weighted by Crippen LogP contribution is 2.38. The molecular weight excluding hydrogens is 340 g/mol. The number of benzene rings is 2. The number of rotatable bonds is 4. The van der Waals surface area contributed by atoms with Crippen LogP contribution in [0.25, 0.3) is 0 Å². The molecule has 0 unspecified atom stereocenters. The Morgan fingerprint density at radius 3 is 2.56 bits per heavy atom. The molecule has 0 saturated heterocycles.